The summed E-state index contributed by atoms with van der Waals surface area (Å²) in [4.78, 5) is 27.2. The van der Waals surface area contributed by atoms with Crippen molar-refractivity contribution in [1.29, 1.82) is 0 Å². The summed E-state index contributed by atoms with van der Waals surface area (Å²) in [5.74, 6) is -0.634. The van der Waals surface area contributed by atoms with Gasteiger partial charge in [0.15, 0.2) is 0 Å². The lowest BCUT2D eigenvalue weighted by Gasteiger charge is -2.24. The van der Waals surface area contributed by atoms with E-state index in [4.69, 9.17) is 0 Å². The third kappa shape index (κ3) is 5.04. The molecule has 2 heterocycles. The molecule has 4 rings (SSSR count). The molecule has 2 aliphatic heterocycles. The van der Waals surface area contributed by atoms with Crippen LogP contribution in [-0.2, 0) is 22.7 Å². The topological polar surface area (TPSA) is 61.4 Å². The summed E-state index contributed by atoms with van der Waals surface area (Å²) in [6.07, 6.45) is 5.49. The average molecular weight is 392 g/mol. The summed E-state index contributed by atoms with van der Waals surface area (Å²) in [5.41, 5.74) is 4.02. The van der Waals surface area contributed by atoms with Gasteiger partial charge in [0, 0.05) is 25.2 Å². The van der Waals surface area contributed by atoms with Crippen LogP contribution >= 0.6 is 0 Å². The van der Waals surface area contributed by atoms with Crippen LogP contribution < -0.4 is 10.6 Å². The predicted molar refractivity (Wildman–Crippen MR) is 114 cm³/mol. The quantitative estimate of drug-likeness (QED) is 0.815. The summed E-state index contributed by atoms with van der Waals surface area (Å²) >= 11 is 0. The van der Waals surface area contributed by atoms with Crippen molar-refractivity contribution in [3.05, 3.63) is 65.2 Å². The van der Waals surface area contributed by atoms with Crippen LogP contribution in [0.25, 0.3) is 0 Å². The minimum absolute atomic E-state index is 0.0963. The number of hydrogen-bond acceptors (Lipinski definition) is 3. The van der Waals surface area contributed by atoms with Crippen molar-refractivity contribution >= 4 is 17.5 Å². The summed E-state index contributed by atoms with van der Waals surface area (Å²) in [5, 5.41) is 5.85. The first kappa shape index (κ1) is 19.6. The normalized spacial score (nSPS) is 19.7. The van der Waals surface area contributed by atoms with Crippen LogP contribution in [0.2, 0.25) is 0 Å². The molecule has 2 aromatic carbocycles. The van der Waals surface area contributed by atoms with Crippen LogP contribution in [0.5, 0.6) is 0 Å². The summed E-state index contributed by atoms with van der Waals surface area (Å²) in [6, 6.07) is 16.0. The molecule has 5 heteroatoms. The predicted octanol–water partition coefficient (Wildman–Crippen LogP) is 3.80. The van der Waals surface area contributed by atoms with E-state index in [1.54, 1.807) is 0 Å². The molecule has 1 saturated heterocycles. The van der Waals surface area contributed by atoms with E-state index in [1.165, 1.54) is 44.3 Å². The molecular formula is C24H29N3O2. The van der Waals surface area contributed by atoms with Gasteiger partial charge in [-0.25, -0.2) is 0 Å². The van der Waals surface area contributed by atoms with Gasteiger partial charge in [-0.3, -0.25) is 14.5 Å². The molecule has 2 aromatic rings. The number of carbonyl (C=O) groups excluding carboxylic acids is 2. The number of hydrogen-bond donors (Lipinski definition) is 2. The highest BCUT2D eigenvalue weighted by atomic mass is 16.2. The maximum atomic E-state index is 12.7. The Kier molecular flexibility index (Phi) is 6.25. The fourth-order valence-electron chi connectivity index (χ4n) is 4.27. The summed E-state index contributed by atoms with van der Waals surface area (Å²) in [7, 11) is 0. The fraction of sp³-hybridized carbons (Fsp3) is 0.417. The monoisotopic (exact) mass is 391 g/mol. The van der Waals surface area contributed by atoms with E-state index in [9.17, 15) is 9.59 Å². The van der Waals surface area contributed by atoms with Crippen molar-refractivity contribution in [1.82, 2.24) is 10.2 Å². The Morgan fingerprint density at radius 3 is 2.41 bits per heavy atom. The van der Waals surface area contributed by atoms with Crippen molar-refractivity contribution in [2.24, 2.45) is 0 Å². The molecule has 0 saturated carbocycles. The van der Waals surface area contributed by atoms with E-state index in [0.717, 1.165) is 23.4 Å². The van der Waals surface area contributed by atoms with Crippen molar-refractivity contribution in [3.8, 4) is 0 Å². The van der Waals surface area contributed by atoms with Gasteiger partial charge in [0.25, 0.3) is 0 Å². The molecule has 1 atom stereocenters. The first-order chi connectivity index (χ1) is 14.2. The van der Waals surface area contributed by atoms with Gasteiger partial charge in [0.05, 0.1) is 5.92 Å². The van der Waals surface area contributed by atoms with Gasteiger partial charge < -0.3 is 10.6 Å². The van der Waals surface area contributed by atoms with Crippen LogP contribution in [0.1, 0.15) is 54.7 Å². The molecule has 5 nitrogen and oxygen atoms in total. The molecule has 1 fully saturated rings. The second-order valence-corrected chi connectivity index (χ2v) is 8.12. The van der Waals surface area contributed by atoms with Crippen molar-refractivity contribution < 1.29 is 9.59 Å². The van der Waals surface area contributed by atoms with Gasteiger partial charge >= 0.3 is 0 Å². The van der Waals surface area contributed by atoms with Crippen LogP contribution in [0.15, 0.2) is 48.5 Å². The molecule has 29 heavy (non-hydrogen) atoms. The molecule has 2 N–H and O–H groups in total. The second kappa shape index (κ2) is 9.23. The van der Waals surface area contributed by atoms with Crippen molar-refractivity contribution in [2.45, 2.75) is 51.1 Å². The molecular weight excluding hydrogens is 362 g/mol. The number of amides is 2. The number of nitrogens with zero attached hydrogens (tertiary/aromatic N) is 1. The minimum atomic E-state index is -0.428. The lowest BCUT2D eigenvalue weighted by atomic mass is 9.90. The number of nitrogens with one attached hydrogen (secondary N) is 2. The number of carbonyl (C=O) groups is 2. The number of rotatable bonds is 5. The van der Waals surface area contributed by atoms with Gasteiger partial charge in [-0.05, 0) is 48.7 Å². The minimum Gasteiger partial charge on any atom is -0.351 e. The van der Waals surface area contributed by atoms with E-state index in [1.807, 2.05) is 24.3 Å². The lowest BCUT2D eigenvalue weighted by molar-refractivity contribution is -0.126. The van der Waals surface area contributed by atoms with Crippen LogP contribution in [0, 0.1) is 0 Å². The van der Waals surface area contributed by atoms with E-state index in [0.29, 0.717) is 6.54 Å². The van der Waals surface area contributed by atoms with Crippen molar-refractivity contribution in [3.63, 3.8) is 0 Å². The number of fused-ring (bicyclic) bond motifs is 1. The van der Waals surface area contributed by atoms with Gasteiger partial charge in [-0.1, -0.05) is 55.3 Å². The molecule has 0 aromatic heterocycles. The molecule has 1 unspecified atom stereocenters. The lowest BCUT2D eigenvalue weighted by Crippen LogP contribution is -2.34. The summed E-state index contributed by atoms with van der Waals surface area (Å²) in [6.45, 7) is 3.85. The molecule has 0 aliphatic carbocycles. The highest BCUT2D eigenvalue weighted by Crippen LogP contribution is 2.32. The molecule has 0 bridgehead atoms. The maximum Gasteiger partial charge on any atom is 0.228 e. The second-order valence-electron chi connectivity index (χ2n) is 8.12. The Bertz CT molecular complexity index is 855. The Morgan fingerprint density at radius 2 is 1.66 bits per heavy atom. The zero-order valence-corrected chi connectivity index (χ0v) is 16.8. The zero-order valence-electron chi connectivity index (χ0n) is 16.8. The Labute approximate surface area is 172 Å². The summed E-state index contributed by atoms with van der Waals surface area (Å²) < 4.78 is 0. The van der Waals surface area contributed by atoms with Crippen LogP contribution in [0.4, 0.5) is 5.69 Å². The molecule has 0 radical (unpaired) electrons. The van der Waals surface area contributed by atoms with Crippen LogP contribution in [-0.4, -0.2) is 29.8 Å². The van der Waals surface area contributed by atoms with Gasteiger partial charge in [-0.15, -0.1) is 0 Å². The van der Waals surface area contributed by atoms with Gasteiger partial charge in [0.1, 0.15) is 0 Å². The average Bonchev–Trinajstić information content (AvgIpc) is 3.01. The first-order valence-electron chi connectivity index (χ1n) is 10.7. The molecule has 2 amide bonds. The number of anilines is 1. The molecule has 152 valence electrons. The third-order valence-corrected chi connectivity index (χ3v) is 5.91. The maximum absolute atomic E-state index is 12.7. The highest BCUT2D eigenvalue weighted by molar-refractivity contribution is 6.01. The zero-order chi connectivity index (χ0) is 20.1. The van der Waals surface area contributed by atoms with Gasteiger partial charge in [0.2, 0.25) is 11.8 Å². The van der Waals surface area contributed by atoms with E-state index in [-0.39, 0.29) is 18.2 Å². The van der Waals surface area contributed by atoms with Gasteiger partial charge in [-0.2, -0.15) is 0 Å². The standard InChI is InChI=1S/C24H29N3O2/c28-23-15-21(20-7-3-4-8-22(20)26-23)24(29)25-16-18-9-11-19(12-10-18)17-27-13-5-1-2-6-14-27/h3-4,7-12,21H,1-2,5-6,13-17H2,(H,25,29)(H,26,28). The Morgan fingerprint density at radius 1 is 0.966 bits per heavy atom. The molecule has 0 spiro atoms. The highest BCUT2D eigenvalue weighted by Gasteiger charge is 2.30. The smallest absolute Gasteiger partial charge is 0.228 e. The first-order valence-corrected chi connectivity index (χ1v) is 10.7. The largest absolute Gasteiger partial charge is 0.351 e. The third-order valence-electron chi connectivity index (χ3n) is 5.91. The number of benzene rings is 2. The number of para-hydroxylation sites is 1. The number of likely N-dealkylation sites (tertiary alicyclic amines) is 1. The Balaban J connectivity index is 1.33. The molecule has 2 aliphatic rings. The van der Waals surface area contributed by atoms with E-state index >= 15 is 0 Å². The van der Waals surface area contributed by atoms with Crippen molar-refractivity contribution in [2.75, 3.05) is 18.4 Å². The van der Waals surface area contributed by atoms with Crippen LogP contribution in [0.3, 0.4) is 0 Å². The SMILES string of the molecule is O=C1CC(C(=O)NCc2ccc(CN3CCCCCC3)cc2)c2ccccc2N1. The fourth-order valence-corrected chi connectivity index (χ4v) is 4.27. The Hall–Kier alpha value is -2.66. The van der Waals surface area contributed by atoms with E-state index < -0.39 is 5.92 Å². The van der Waals surface area contributed by atoms with E-state index in [2.05, 4.69) is 39.8 Å².